The first-order valence-corrected chi connectivity index (χ1v) is 35.5. The van der Waals surface area contributed by atoms with Crippen LogP contribution in [-0.2, 0) is 73.2 Å². The minimum Gasteiger partial charge on any atom is -0.870 e. The molecule has 0 spiro atoms. The number of nitro groups is 1. The van der Waals surface area contributed by atoms with Gasteiger partial charge in [-0.05, 0) is 148 Å². The zero-order valence-electron chi connectivity index (χ0n) is 52.9. The van der Waals surface area contributed by atoms with Crippen LogP contribution in [0, 0.1) is 27.6 Å². The second kappa shape index (κ2) is 42.1. The van der Waals surface area contributed by atoms with Gasteiger partial charge in [0, 0.05) is 52.2 Å². The van der Waals surface area contributed by atoms with Gasteiger partial charge in [-0.3, -0.25) is 13.8 Å². The fraction of sp³-hybridized carbons (Fsp3) is 0.412. The summed E-state index contributed by atoms with van der Waals surface area (Å²) < 4.78 is 158. The number of morpholine rings is 3. The molecule has 0 radical (unpaired) electrons. The van der Waals surface area contributed by atoms with E-state index in [0.717, 1.165) is 15.2 Å². The maximum Gasteiger partial charge on any atom is 1.00 e. The molecule has 3 fully saturated rings. The number of hydrogen-bond donors (Lipinski definition) is 2. The van der Waals surface area contributed by atoms with Crippen LogP contribution in [0.4, 0.5) is 19.0 Å². The number of aryl methyl sites for hydroxylation is 2. The SMILES string of the molecule is NCCS(=O)(=O)N1CCOCC1.O=CO[O-].O=S(=O)(CCCc1nonc1/C(Cc1ccc(F)c(Br)c1)=N/O)N1CCOCC1.O=c1onc(-c2nonc2CCCS(=O)(=O)N2CCOCC2)n1-c1ccc(F)c(Br)c1.O=c1onc(-c2nonc2[N+](=O)[O-])n1-c1ccc(F)c(Br)c1.[Na+].[Na+].[OH-]. The Morgan fingerprint density at radius 1 is 0.614 bits per heavy atom. The zero-order chi connectivity index (χ0) is 71.2. The second-order valence-electron chi connectivity index (χ2n) is 19.9. The fourth-order valence-electron chi connectivity index (χ4n) is 8.94. The molecule has 0 unspecified atom stereocenters. The quantitative estimate of drug-likeness (QED) is 0.0124. The number of rotatable bonds is 22. The van der Waals surface area contributed by atoms with Gasteiger partial charge in [-0.15, -0.1) is 4.63 Å². The van der Waals surface area contributed by atoms with Gasteiger partial charge in [0.1, 0.15) is 34.6 Å². The molecule has 3 saturated heterocycles. The van der Waals surface area contributed by atoms with Crippen molar-refractivity contribution in [3.63, 3.8) is 0 Å². The second-order valence-corrected chi connectivity index (χ2v) is 28.7. The standard InChI is InChI=1S/C17H17BrFN5O6S.C17H20BrFN4O5S.C10H3BrFN5O5.C6H14N2O3S.CH2O3.2Na.H2O/c18-12-10-11(3-4-13(12)19)24-16(22-29-17(24)25)15-14(20-30-21-15)2-1-9-31(26,27)23-5-7-28-8-6-23;18-13-10-12(3-4-14(13)19)11-16(20-24)17-15(21-28-22-17)2-1-9-29(25,26)23-5-7-27-8-6-23;11-5-3-4(1-2-6(5)12)16-8(14-21-10(16)18)7-9(17(19)20)15-22-13-7;7-1-6-12(9,10)8-2-4-11-5-3-8;2-1-4-3;;;/h3-4,10H,1-2,5-9H2;3-4,10,24H,1-2,5-9,11H2;1-3H;1-7H2;1,3H;;;1H2/q;;;;;2*+1;/p-2/b;20-16+;;;;;;. The molecule has 0 saturated carbocycles. The van der Waals surface area contributed by atoms with Gasteiger partial charge >= 0.3 is 76.4 Å². The molecule has 4 N–H and O–H groups in total. The molecule has 101 heavy (non-hydrogen) atoms. The Labute approximate surface area is 638 Å². The minimum absolute atomic E-state index is 0. The number of halogens is 6. The Morgan fingerprint density at radius 2 is 1.01 bits per heavy atom. The normalized spacial score (nSPS) is 14.5. The van der Waals surface area contributed by atoms with E-state index in [-0.39, 0.29) is 164 Å². The number of oxime groups is 1. The van der Waals surface area contributed by atoms with Crippen molar-refractivity contribution >= 4 is 95.9 Å². The molecule has 50 heteroatoms. The van der Waals surface area contributed by atoms with Gasteiger partial charge in [-0.2, -0.15) is 12.9 Å². The van der Waals surface area contributed by atoms with Crippen molar-refractivity contribution in [2.75, 3.05) is 103 Å². The third-order valence-electron chi connectivity index (χ3n) is 13.6. The summed E-state index contributed by atoms with van der Waals surface area (Å²) in [6.07, 6.45) is 1.24. The third kappa shape index (κ3) is 24.6. The molecule has 11 rings (SSSR count). The van der Waals surface area contributed by atoms with Crippen LogP contribution >= 0.6 is 47.8 Å². The van der Waals surface area contributed by atoms with E-state index in [9.17, 15) is 63.3 Å². The van der Waals surface area contributed by atoms with Gasteiger partial charge in [0.25, 0.3) is 12.2 Å². The molecular formula is C51H56Br3F3N16Na2O23S3. The predicted molar refractivity (Wildman–Crippen MR) is 336 cm³/mol. The first-order chi connectivity index (χ1) is 46.8. The summed E-state index contributed by atoms with van der Waals surface area (Å²) >= 11 is 9.16. The summed E-state index contributed by atoms with van der Waals surface area (Å²) in [5, 5.41) is 60.8. The Morgan fingerprint density at radius 3 is 1.44 bits per heavy atom. The van der Waals surface area contributed by atoms with Crippen molar-refractivity contribution in [3.05, 3.63) is 139 Å². The van der Waals surface area contributed by atoms with E-state index in [1.807, 2.05) is 0 Å². The van der Waals surface area contributed by atoms with Crippen molar-refractivity contribution in [1.82, 2.24) is 63.3 Å². The van der Waals surface area contributed by atoms with E-state index in [0.29, 0.717) is 112 Å². The van der Waals surface area contributed by atoms with E-state index in [4.69, 9.17) is 43.8 Å². The van der Waals surface area contributed by atoms with Crippen molar-refractivity contribution in [2.24, 2.45) is 10.9 Å². The first kappa shape index (κ1) is 87.4. The summed E-state index contributed by atoms with van der Waals surface area (Å²) in [5.41, 5.74) is 7.22. The topological polar surface area (TPSA) is 534 Å². The largest absolute Gasteiger partial charge is 1.00 e. The van der Waals surface area contributed by atoms with Gasteiger partial charge in [0.15, 0.2) is 16.5 Å². The smallest absolute Gasteiger partial charge is 0.870 e. The molecule has 0 aliphatic carbocycles. The molecule has 0 amide bonds. The van der Waals surface area contributed by atoms with Crippen LogP contribution in [0.5, 0.6) is 0 Å². The van der Waals surface area contributed by atoms with Crippen LogP contribution in [0.2, 0.25) is 0 Å². The van der Waals surface area contributed by atoms with Crippen LogP contribution in [0.25, 0.3) is 34.4 Å². The number of nitrogens with two attached hydrogens (primary N) is 1. The van der Waals surface area contributed by atoms with Crippen molar-refractivity contribution < 1.29 is 165 Å². The molecule has 3 aromatic carbocycles. The van der Waals surface area contributed by atoms with E-state index in [1.165, 1.54) is 49.3 Å². The molecule has 8 heterocycles. The van der Waals surface area contributed by atoms with E-state index >= 15 is 0 Å². The average Bonchev–Trinajstić information content (AvgIpc) is 1.65. The number of hydrogen-bond acceptors (Lipinski definition) is 33. The fourth-order valence-corrected chi connectivity index (χ4v) is 14.3. The van der Waals surface area contributed by atoms with Gasteiger partial charge in [-0.25, -0.2) is 66.4 Å². The molecule has 0 atom stereocenters. The van der Waals surface area contributed by atoms with Crippen LogP contribution in [0.1, 0.15) is 35.5 Å². The van der Waals surface area contributed by atoms with Crippen LogP contribution in [0.3, 0.4) is 0 Å². The number of carbonyl (C=O) groups excluding carboxylic acids is 1. The van der Waals surface area contributed by atoms with E-state index in [2.05, 4.69) is 108 Å². The number of ether oxygens (including phenoxy) is 3. The first-order valence-electron chi connectivity index (χ1n) is 28.3. The Hall–Kier alpha value is -5.98. The Kier molecular flexibility index (Phi) is 36.4. The molecule has 39 nitrogen and oxygen atoms in total. The van der Waals surface area contributed by atoms with Gasteiger partial charge in [0.05, 0.1) is 81.7 Å². The molecule has 3 aliphatic heterocycles. The van der Waals surface area contributed by atoms with Gasteiger partial charge < -0.3 is 50.9 Å². The molecule has 8 aromatic rings. The van der Waals surface area contributed by atoms with Crippen LogP contribution in [0.15, 0.2) is 106 Å². The van der Waals surface area contributed by atoms with Crippen LogP contribution < -0.4 is 81.6 Å². The van der Waals surface area contributed by atoms with E-state index in [1.54, 1.807) is 12.1 Å². The van der Waals surface area contributed by atoms with Gasteiger partial charge in [-0.1, -0.05) is 31.8 Å². The molecule has 540 valence electrons. The Balaban J connectivity index is 0.000000288. The maximum atomic E-state index is 13.6. The van der Waals surface area contributed by atoms with Crippen LogP contribution in [-0.4, -0.2) is 219 Å². The molecule has 0 bridgehead atoms. The molecular weight excluding hydrogens is 1640 g/mol. The third-order valence-corrected chi connectivity index (χ3v) is 21.2. The monoisotopic (exact) mass is 1700 g/mol. The van der Waals surface area contributed by atoms with Crippen molar-refractivity contribution in [1.29, 1.82) is 0 Å². The average molecular weight is 1700 g/mol. The molecule has 5 aromatic heterocycles. The summed E-state index contributed by atoms with van der Waals surface area (Å²) in [6, 6.07) is 12.0. The maximum absolute atomic E-state index is 13.6. The number of carbonyl (C=O) groups is 1. The summed E-state index contributed by atoms with van der Waals surface area (Å²) in [7, 11) is -9.91. The van der Waals surface area contributed by atoms with Gasteiger partial charge in [0.2, 0.25) is 41.7 Å². The summed E-state index contributed by atoms with van der Waals surface area (Å²) in [5.74, 6) is -4.32. The number of benzene rings is 3. The number of nitrogens with zero attached hydrogens (tertiary/aromatic N) is 15. The Bertz CT molecular complexity index is 4500. The van der Waals surface area contributed by atoms with Crippen molar-refractivity contribution in [3.8, 4) is 34.4 Å². The van der Waals surface area contributed by atoms with Crippen molar-refractivity contribution in [2.45, 2.75) is 32.1 Å². The van der Waals surface area contributed by atoms with E-state index < -0.39 is 75.5 Å². The zero-order valence-corrected chi connectivity index (χ0v) is 64.1. The number of sulfonamides is 3. The molecule has 3 aliphatic rings. The number of aromatic nitrogens is 10. The minimum atomic E-state index is -3.43. The summed E-state index contributed by atoms with van der Waals surface area (Å²) in [4.78, 5) is 45.3. The predicted octanol–water partition coefficient (Wildman–Crippen LogP) is -4.08. The summed E-state index contributed by atoms with van der Waals surface area (Å²) in [6.45, 7) is 4.81.